The maximum absolute atomic E-state index is 11.4. The lowest BCUT2D eigenvalue weighted by atomic mass is 10.2. The Morgan fingerprint density at radius 2 is 1.84 bits per heavy atom. The Hall–Kier alpha value is -3.28. The Bertz CT molecular complexity index is 928. The van der Waals surface area contributed by atoms with E-state index in [1.54, 1.807) is 10.7 Å². The molecule has 0 aliphatic rings. The minimum atomic E-state index is -0.184. The SMILES string of the molecule is CC(=O)Nc1cc(/C=C/c2ccccc2)nc(-n2nc(C)cc2C)n1. The van der Waals surface area contributed by atoms with Crippen molar-refractivity contribution in [3.05, 3.63) is 65.1 Å². The number of nitrogens with zero attached hydrogens (tertiary/aromatic N) is 4. The van der Waals surface area contributed by atoms with Gasteiger partial charge in [0.05, 0.1) is 11.4 Å². The van der Waals surface area contributed by atoms with E-state index in [0.717, 1.165) is 17.0 Å². The van der Waals surface area contributed by atoms with Gasteiger partial charge in [-0.25, -0.2) is 9.67 Å². The summed E-state index contributed by atoms with van der Waals surface area (Å²) in [7, 11) is 0. The third-order valence-corrected chi connectivity index (χ3v) is 3.48. The first kappa shape index (κ1) is 16.6. The van der Waals surface area contributed by atoms with Gasteiger partial charge >= 0.3 is 0 Å². The van der Waals surface area contributed by atoms with E-state index in [1.807, 2.05) is 62.4 Å². The fourth-order valence-electron chi connectivity index (χ4n) is 2.45. The molecule has 2 aromatic heterocycles. The molecule has 2 heterocycles. The van der Waals surface area contributed by atoms with Crippen molar-refractivity contribution in [2.75, 3.05) is 5.32 Å². The van der Waals surface area contributed by atoms with Gasteiger partial charge < -0.3 is 5.32 Å². The van der Waals surface area contributed by atoms with Crippen molar-refractivity contribution < 1.29 is 4.79 Å². The maximum Gasteiger partial charge on any atom is 0.253 e. The summed E-state index contributed by atoms with van der Waals surface area (Å²) in [5, 5.41) is 7.13. The molecule has 0 spiro atoms. The summed E-state index contributed by atoms with van der Waals surface area (Å²) in [6, 6.07) is 13.6. The summed E-state index contributed by atoms with van der Waals surface area (Å²) in [6.45, 7) is 5.30. The number of aryl methyl sites for hydroxylation is 2. The van der Waals surface area contributed by atoms with Gasteiger partial charge in [-0.2, -0.15) is 10.1 Å². The van der Waals surface area contributed by atoms with Crippen LogP contribution in [0, 0.1) is 13.8 Å². The van der Waals surface area contributed by atoms with Crippen LogP contribution < -0.4 is 5.32 Å². The quantitative estimate of drug-likeness (QED) is 0.794. The first-order valence-electron chi connectivity index (χ1n) is 7.95. The minimum Gasteiger partial charge on any atom is -0.311 e. The van der Waals surface area contributed by atoms with Crippen molar-refractivity contribution >= 4 is 23.9 Å². The number of anilines is 1. The highest BCUT2D eigenvalue weighted by atomic mass is 16.1. The third kappa shape index (κ3) is 4.17. The van der Waals surface area contributed by atoms with Crippen molar-refractivity contribution in [3.63, 3.8) is 0 Å². The van der Waals surface area contributed by atoms with Gasteiger partial charge in [0.2, 0.25) is 5.91 Å². The van der Waals surface area contributed by atoms with Gasteiger partial charge in [-0.3, -0.25) is 4.79 Å². The molecule has 0 bridgehead atoms. The first-order valence-corrected chi connectivity index (χ1v) is 7.95. The third-order valence-electron chi connectivity index (χ3n) is 3.48. The predicted octanol–water partition coefficient (Wildman–Crippen LogP) is 3.41. The smallest absolute Gasteiger partial charge is 0.253 e. The predicted molar refractivity (Wildman–Crippen MR) is 98.3 cm³/mol. The Labute approximate surface area is 146 Å². The number of amides is 1. The van der Waals surface area contributed by atoms with Crippen LogP contribution in [0.25, 0.3) is 18.1 Å². The monoisotopic (exact) mass is 333 g/mol. The average Bonchev–Trinajstić information content (AvgIpc) is 2.91. The van der Waals surface area contributed by atoms with Gasteiger partial charge in [0.15, 0.2) is 0 Å². The summed E-state index contributed by atoms with van der Waals surface area (Å²) in [5.41, 5.74) is 3.56. The molecule has 0 aliphatic heterocycles. The van der Waals surface area contributed by atoms with Crippen LogP contribution in [0.1, 0.15) is 29.6 Å². The van der Waals surface area contributed by atoms with Gasteiger partial charge in [0.25, 0.3) is 5.95 Å². The number of hydrogen-bond acceptors (Lipinski definition) is 4. The van der Waals surface area contributed by atoms with Gasteiger partial charge in [-0.1, -0.05) is 36.4 Å². The molecule has 0 radical (unpaired) electrons. The Morgan fingerprint density at radius 1 is 1.08 bits per heavy atom. The maximum atomic E-state index is 11.4. The fraction of sp³-hybridized carbons (Fsp3) is 0.158. The summed E-state index contributed by atoms with van der Waals surface area (Å²) in [4.78, 5) is 20.4. The van der Waals surface area contributed by atoms with E-state index in [1.165, 1.54) is 6.92 Å². The van der Waals surface area contributed by atoms with Crippen molar-refractivity contribution in [3.8, 4) is 5.95 Å². The largest absolute Gasteiger partial charge is 0.311 e. The molecule has 0 saturated heterocycles. The van der Waals surface area contributed by atoms with Crippen LogP contribution in [0.5, 0.6) is 0 Å². The van der Waals surface area contributed by atoms with E-state index in [-0.39, 0.29) is 5.91 Å². The Balaban J connectivity index is 2.02. The molecule has 0 atom stereocenters. The van der Waals surface area contributed by atoms with Crippen LogP contribution in [0.2, 0.25) is 0 Å². The number of carbonyl (C=O) groups excluding carboxylic acids is 1. The van der Waals surface area contributed by atoms with E-state index in [0.29, 0.717) is 17.5 Å². The van der Waals surface area contributed by atoms with Gasteiger partial charge in [-0.15, -0.1) is 0 Å². The second kappa shape index (κ2) is 7.09. The molecule has 0 unspecified atom stereocenters. The van der Waals surface area contributed by atoms with Crippen molar-refractivity contribution in [2.24, 2.45) is 0 Å². The molecular formula is C19H19N5O. The molecular weight excluding hydrogens is 314 g/mol. The zero-order chi connectivity index (χ0) is 17.8. The highest BCUT2D eigenvalue weighted by molar-refractivity contribution is 5.88. The molecule has 0 aliphatic carbocycles. The molecule has 126 valence electrons. The van der Waals surface area contributed by atoms with Crippen LogP contribution in [-0.2, 0) is 4.79 Å². The van der Waals surface area contributed by atoms with E-state index in [9.17, 15) is 4.79 Å². The van der Waals surface area contributed by atoms with Gasteiger partial charge in [0.1, 0.15) is 5.82 Å². The normalized spacial score (nSPS) is 11.0. The fourth-order valence-corrected chi connectivity index (χ4v) is 2.45. The highest BCUT2D eigenvalue weighted by Crippen LogP contribution is 2.15. The average molecular weight is 333 g/mol. The second-order valence-electron chi connectivity index (χ2n) is 5.74. The molecule has 1 aromatic carbocycles. The zero-order valence-corrected chi connectivity index (χ0v) is 14.4. The Morgan fingerprint density at radius 3 is 2.48 bits per heavy atom. The van der Waals surface area contributed by atoms with Crippen molar-refractivity contribution in [2.45, 2.75) is 20.8 Å². The molecule has 3 rings (SSSR count). The number of benzene rings is 1. The molecule has 6 nitrogen and oxygen atoms in total. The number of rotatable bonds is 4. The van der Waals surface area contributed by atoms with E-state index in [2.05, 4.69) is 20.4 Å². The van der Waals surface area contributed by atoms with Crippen LogP contribution in [0.15, 0.2) is 42.5 Å². The summed E-state index contributed by atoms with van der Waals surface area (Å²) >= 11 is 0. The lowest BCUT2D eigenvalue weighted by Gasteiger charge is -2.07. The molecule has 3 aromatic rings. The summed E-state index contributed by atoms with van der Waals surface area (Å²) < 4.78 is 1.67. The number of aromatic nitrogens is 4. The van der Waals surface area contributed by atoms with E-state index >= 15 is 0 Å². The van der Waals surface area contributed by atoms with Crippen molar-refractivity contribution in [1.29, 1.82) is 0 Å². The minimum absolute atomic E-state index is 0.184. The van der Waals surface area contributed by atoms with Crippen molar-refractivity contribution in [1.82, 2.24) is 19.7 Å². The van der Waals surface area contributed by atoms with Gasteiger partial charge in [0, 0.05) is 18.7 Å². The topological polar surface area (TPSA) is 72.7 Å². The number of carbonyl (C=O) groups is 1. The van der Waals surface area contributed by atoms with Crippen LogP contribution >= 0.6 is 0 Å². The lowest BCUT2D eigenvalue weighted by molar-refractivity contribution is -0.114. The molecule has 6 heteroatoms. The Kier molecular flexibility index (Phi) is 4.70. The van der Waals surface area contributed by atoms with E-state index < -0.39 is 0 Å². The summed E-state index contributed by atoms with van der Waals surface area (Å²) in [6.07, 6.45) is 3.85. The first-order chi connectivity index (χ1) is 12.0. The lowest BCUT2D eigenvalue weighted by Crippen LogP contribution is -2.12. The summed E-state index contributed by atoms with van der Waals surface area (Å²) in [5.74, 6) is 0.679. The van der Waals surface area contributed by atoms with Crippen LogP contribution in [-0.4, -0.2) is 25.7 Å². The van der Waals surface area contributed by atoms with E-state index in [4.69, 9.17) is 0 Å². The van der Waals surface area contributed by atoms with Gasteiger partial charge in [-0.05, 0) is 31.6 Å². The molecule has 1 amide bonds. The van der Waals surface area contributed by atoms with Crippen LogP contribution in [0.4, 0.5) is 5.82 Å². The number of hydrogen-bond donors (Lipinski definition) is 1. The second-order valence-corrected chi connectivity index (χ2v) is 5.74. The van der Waals surface area contributed by atoms with Crippen LogP contribution in [0.3, 0.4) is 0 Å². The molecule has 0 saturated carbocycles. The zero-order valence-electron chi connectivity index (χ0n) is 14.4. The molecule has 1 N–H and O–H groups in total. The molecule has 25 heavy (non-hydrogen) atoms. The standard InChI is InChI=1S/C19H19N5O/c1-13-11-14(2)24(23-13)19-21-17(12-18(22-19)20-15(3)25)10-9-16-7-5-4-6-8-16/h4-12H,1-3H3,(H,20,21,22,25)/b10-9+. The molecule has 0 fully saturated rings. The highest BCUT2D eigenvalue weighted by Gasteiger charge is 2.10. The number of nitrogens with one attached hydrogen (secondary N) is 1.